The third-order valence-electron chi connectivity index (χ3n) is 11.6. The molecule has 3 aromatic rings. The van der Waals surface area contributed by atoms with Gasteiger partial charge in [0.15, 0.2) is 0 Å². The van der Waals surface area contributed by atoms with Crippen molar-refractivity contribution in [2.75, 3.05) is 19.8 Å². The van der Waals surface area contributed by atoms with E-state index in [2.05, 4.69) is 16.0 Å². The molecule has 0 radical (unpaired) electrons. The largest absolute Gasteiger partial charge is 0.475 e. The minimum atomic E-state index is -5.08. The highest BCUT2D eigenvalue weighted by Gasteiger charge is 2.36. The zero-order valence-corrected chi connectivity index (χ0v) is 41.6. The lowest BCUT2D eigenvalue weighted by Crippen LogP contribution is -2.33. The fraction of sp³-hybridized carbons (Fsp3) is 0.588. The number of phosphoric ester groups is 1. The van der Waals surface area contributed by atoms with Crippen molar-refractivity contribution in [3.8, 4) is 0 Å². The van der Waals surface area contributed by atoms with Gasteiger partial charge < -0.3 is 16.0 Å². The first kappa shape index (κ1) is 60.9. The summed E-state index contributed by atoms with van der Waals surface area (Å²) in [6.45, 7) is 3.81. The van der Waals surface area contributed by atoms with E-state index in [1.54, 1.807) is 0 Å². The third kappa shape index (κ3) is 23.3. The molecule has 3 N–H and O–H groups in total. The van der Waals surface area contributed by atoms with E-state index in [1.165, 1.54) is 0 Å². The molecule has 10 nitrogen and oxygen atoms in total. The van der Waals surface area contributed by atoms with Crippen molar-refractivity contribution in [3.05, 3.63) is 106 Å². The van der Waals surface area contributed by atoms with Gasteiger partial charge in [0.1, 0.15) is 0 Å². The van der Waals surface area contributed by atoms with Crippen molar-refractivity contribution in [2.45, 2.75) is 173 Å². The lowest BCUT2D eigenvalue weighted by atomic mass is 10.0. The van der Waals surface area contributed by atoms with E-state index in [4.69, 9.17) is 13.6 Å². The van der Waals surface area contributed by atoms with E-state index in [0.29, 0.717) is 19.3 Å². The van der Waals surface area contributed by atoms with Crippen LogP contribution in [0.15, 0.2) is 72.8 Å². The van der Waals surface area contributed by atoms with E-state index in [1.807, 2.05) is 20.8 Å². The Morgan fingerprint density at radius 1 is 0.408 bits per heavy atom. The highest BCUT2D eigenvalue weighted by molar-refractivity contribution is 7.48. The second-order valence-electron chi connectivity index (χ2n) is 17.5. The van der Waals surface area contributed by atoms with Crippen LogP contribution in [0.3, 0.4) is 0 Å². The molecule has 0 aliphatic rings. The zero-order chi connectivity index (χ0) is 52.5. The number of halogens is 9. The van der Waals surface area contributed by atoms with Crippen LogP contribution < -0.4 is 16.0 Å². The first-order chi connectivity index (χ1) is 33.6. The molecule has 3 rings (SSSR count). The maximum Gasteiger partial charge on any atom is 0.475 e. The summed E-state index contributed by atoms with van der Waals surface area (Å²) in [7, 11) is -5.08. The summed E-state index contributed by atoms with van der Waals surface area (Å²) in [5.74, 6) is -1.52. The number of rotatable bonds is 33. The molecule has 3 aromatic carbocycles. The van der Waals surface area contributed by atoms with Crippen molar-refractivity contribution in [3.63, 3.8) is 0 Å². The van der Waals surface area contributed by atoms with Crippen LogP contribution in [0, 0.1) is 0 Å². The first-order valence-electron chi connectivity index (χ1n) is 24.5. The number of alkyl halides is 9. The molecular formula is C51H69F9N3O7P. The molecule has 0 saturated heterocycles. The number of benzene rings is 3. The van der Waals surface area contributed by atoms with Crippen LogP contribution in [0.25, 0.3) is 0 Å². The van der Waals surface area contributed by atoms with Gasteiger partial charge in [0.2, 0.25) is 17.7 Å². The highest BCUT2D eigenvalue weighted by atomic mass is 31.2. The fourth-order valence-electron chi connectivity index (χ4n) is 7.45. The van der Waals surface area contributed by atoms with Gasteiger partial charge in [-0.1, -0.05) is 134 Å². The monoisotopic (exact) mass is 1040 g/mol. The van der Waals surface area contributed by atoms with Gasteiger partial charge in [-0.05, 0) is 72.4 Å². The Hall–Kier alpha value is -4.45. The Kier molecular flexibility index (Phi) is 26.2. The molecule has 3 atom stereocenters. The van der Waals surface area contributed by atoms with Gasteiger partial charge in [0, 0.05) is 19.3 Å². The minimum absolute atomic E-state index is 0.0335. The molecular weight excluding hydrogens is 969 g/mol. The van der Waals surface area contributed by atoms with Crippen LogP contribution in [0.4, 0.5) is 39.5 Å². The molecule has 20 heteroatoms. The summed E-state index contributed by atoms with van der Waals surface area (Å²) in [6.07, 6.45) is -2.05. The third-order valence-corrected chi connectivity index (χ3v) is 13.0. The van der Waals surface area contributed by atoms with Crippen LogP contribution in [0.1, 0.15) is 188 Å². The van der Waals surface area contributed by atoms with Gasteiger partial charge in [-0.25, -0.2) is 4.57 Å². The smallest absolute Gasteiger partial charge is 0.347 e. The number of hydrogen-bond acceptors (Lipinski definition) is 7. The normalized spacial score (nSPS) is 14.3. The highest BCUT2D eigenvalue weighted by Crippen LogP contribution is 2.51. The Bertz CT molecular complexity index is 1840. The summed E-state index contributed by atoms with van der Waals surface area (Å²) in [6, 6.07) is 7.51. The molecule has 0 aliphatic carbocycles. The molecule has 0 aromatic heterocycles. The molecule has 3 amide bonds. The van der Waals surface area contributed by atoms with Crippen LogP contribution in [0.5, 0.6) is 0 Å². The van der Waals surface area contributed by atoms with Crippen molar-refractivity contribution < 1.29 is 72.0 Å². The average Bonchev–Trinajstić information content (AvgIpc) is 3.32. The van der Waals surface area contributed by atoms with Crippen molar-refractivity contribution >= 4 is 25.5 Å². The predicted molar refractivity (Wildman–Crippen MR) is 253 cm³/mol. The Morgan fingerprint density at radius 3 is 0.845 bits per heavy atom. The van der Waals surface area contributed by atoms with Gasteiger partial charge in [-0.2, -0.15) is 39.5 Å². The molecule has 0 aliphatic heterocycles. The molecule has 0 heterocycles. The van der Waals surface area contributed by atoms with E-state index in [-0.39, 0.29) is 36.0 Å². The average molecular weight is 1040 g/mol. The van der Waals surface area contributed by atoms with Crippen LogP contribution in [-0.4, -0.2) is 37.5 Å². The predicted octanol–water partition coefficient (Wildman–Crippen LogP) is 14.9. The standard InChI is InChI=1S/C51H69F9N3O7P/c1-4-7-10-13-16-19-46(64)61-43(37-22-28-40(29-23-37)49(52,53)54)34-68-71(67,69-35-44(62-47(65)20-17-14-11-8-5-2)38-24-30-41(31-25-38)50(55,56)57)70-36-45(63-48(66)21-18-15-12-9-6-3)39-26-32-42(33-27-39)51(58,59)60/h22-33,43-45H,4-21,34-36H2,1-3H3,(H,61,64)(H,62,65)(H,63,66). The molecule has 398 valence electrons. The van der Waals surface area contributed by atoms with Crippen LogP contribution >= 0.6 is 7.82 Å². The van der Waals surface area contributed by atoms with Crippen molar-refractivity contribution in [1.29, 1.82) is 0 Å². The number of phosphoric acid groups is 1. The summed E-state index contributed by atoms with van der Waals surface area (Å²) in [5.41, 5.74) is -2.66. The summed E-state index contributed by atoms with van der Waals surface area (Å²) in [5, 5.41) is 8.14. The Labute approximate surface area is 411 Å². The summed E-state index contributed by atoms with van der Waals surface area (Å²) < 4.78 is 155. The van der Waals surface area contributed by atoms with Gasteiger partial charge >= 0.3 is 26.4 Å². The SMILES string of the molecule is CCCCCCCC(=O)NC(COP(=O)(OCC(NC(=O)CCCCCCC)c1ccc(C(F)(F)F)cc1)OCC(NC(=O)CCCCCCC)c1ccc(C(F)(F)F)cc1)c1ccc(C(F)(F)F)cc1. The molecule has 0 saturated carbocycles. The van der Waals surface area contributed by atoms with Crippen LogP contribution in [-0.2, 0) is 51.0 Å². The molecule has 3 unspecified atom stereocenters. The second-order valence-corrected chi connectivity index (χ2v) is 19.2. The minimum Gasteiger partial charge on any atom is -0.347 e. The fourth-order valence-corrected chi connectivity index (χ4v) is 8.67. The van der Waals surface area contributed by atoms with Crippen LogP contribution in [0.2, 0.25) is 0 Å². The van der Waals surface area contributed by atoms with Gasteiger partial charge in [-0.3, -0.25) is 28.0 Å². The van der Waals surface area contributed by atoms with Crippen molar-refractivity contribution in [2.24, 2.45) is 0 Å². The number of carbonyl (C=O) groups excluding carboxylic acids is 3. The summed E-state index contributed by atoms with van der Waals surface area (Å²) >= 11 is 0. The maximum absolute atomic E-state index is 15.0. The second kappa shape index (κ2) is 30.6. The number of hydrogen-bond donors (Lipinski definition) is 3. The number of amides is 3. The quantitative estimate of drug-likeness (QED) is 0.0314. The van der Waals surface area contributed by atoms with Crippen molar-refractivity contribution in [1.82, 2.24) is 16.0 Å². The lowest BCUT2D eigenvalue weighted by molar-refractivity contribution is -0.138. The number of unbranched alkanes of at least 4 members (excludes halogenated alkanes) is 12. The van der Waals surface area contributed by atoms with E-state index < -0.39 is 98.7 Å². The molecule has 0 fully saturated rings. The molecule has 71 heavy (non-hydrogen) atoms. The zero-order valence-electron chi connectivity index (χ0n) is 40.7. The van der Waals surface area contributed by atoms with E-state index in [0.717, 1.165) is 150 Å². The van der Waals surface area contributed by atoms with E-state index >= 15 is 4.57 Å². The molecule has 0 bridgehead atoms. The molecule has 0 spiro atoms. The van der Waals surface area contributed by atoms with E-state index in [9.17, 15) is 53.9 Å². The Morgan fingerprint density at radius 2 is 0.634 bits per heavy atom. The van der Waals surface area contributed by atoms with Gasteiger partial charge in [0.25, 0.3) is 0 Å². The van der Waals surface area contributed by atoms with Gasteiger partial charge in [-0.15, -0.1) is 0 Å². The first-order valence-corrected chi connectivity index (χ1v) is 26.0. The maximum atomic E-state index is 15.0. The number of nitrogens with one attached hydrogen (secondary N) is 3. The lowest BCUT2D eigenvalue weighted by Gasteiger charge is -2.27. The van der Waals surface area contributed by atoms with Gasteiger partial charge in [0.05, 0.1) is 54.6 Å². The Balaban J connectivity index is 2.06. The summed E-state index contributed by atoms with van der Waals surface area (Å²) in [4.78, 5) is 39.9. The topological polar surface area (TPSA) is 132 Å². The number of carbonyl (C=O) groups is 3.